The van der Waals surface area contributed by atoms with Crippen molar-refractivity contribution in [3.05, 3.63) is 17.5 Å². The van der Waals surface area contributed by atoms with Crippen LogP contribution < -0.4 is 5.32 Å². The molecule has 16 heavy (non-hydrogen) atoms. The molecule has 0 spiro atoms. The zero-order valence-electron chi connectivity index (χ0n) is 9.92. The van der Waals surface area contributed by atoms with Crippen LogP contribution in [-0.2, 0) is 0 Å². The fraction of sp³-hybridized carbons (Fsp3) is 0.667. The fourth-order valence-electron chi connectivity index (χ4n) is 2.31. The van der Waals surface area contributed by atoms with Gasteiger partial charge in [0.05, 0.1) is 0 Å². The molecule has 1 heterocycles. The quantitative estimate of drug-likeness (QED) is 0.802. The van der Waals surface area contributed by atoms with Gasteiger partial charge in [-0.15, -0.1) is 0 Å². The Morgan fingerprint density at radius 3 is 2.88 bits per heavy atom. The lowest BCUT2D eigenvalue weighted by Gasteiger charge is -2.29. The van der Waals surface area contributed by atoms with Gasteiger partial charge in [-0.3, -0.25) is 9.89 Å². The zero-order valence-corrected chi connectivity index (χ0v) is 9.92. The topological polar surface area (TPSA) is 57.8 Å². The molecule has 0 aliphatic heterocycles. The normalized spacial score (nSPS) is 25.4. The van der Waals surface area contributed by atoms with Gasteiger partial charge in [0.2, 0.25) is 0 Å². The van der Waals surface area contributed by atoms with Crippen LogP contribution in [0.25, 0.3) is 0 Å². The molecule has 1 aliphatic carbocycles. The highest BCUT2D eigenvalue weighted by molar-refractivity contribution is 5.92. The van der Waals surface area contributed by atoms with Crippen LogP contribution in [0, 0.1) is 12.8 Å². The van der Waals surface area contributed by atoms with Gasteiger partial charge in [-0.05, 0) is 31.7 Å². The molecule has 2 rings (SSSR count). The van der Waals surface area contributed by atoms with E-state index in [-0.39, 0.29) is 5.91 Å². The van der Waals surface area contributed by atoms with Gasteiger partial charge < -0.3 is 5.32 Å². The van der Waals surface area contributed by atoms with E-state index < -0.39 is 0 Å². The van der Waals surface area contributed by atoms with Gasteiger partial charge >= 0.3 is 0 Å². The number of H-pyrrole nitrogens is 1. The molecule has 2 unspecified atom stereocenters. The number of aromatic amines is 1. The predicted octanol–water partition coefficient (Wildman–Crippen LogP) is 2.03. The average Bonchev–Trinajstić information content (AvgIpc) is 2.68. The van der Waals surface area contributed by atoms with Crippen LogP contribution >= 0.6 is 0 Å². The number of nitrogens with zero attached hydrogens (tertiary/aromatic N) is 1. The highest BCUT2D eigenvalue weighted by Crippen LogP contribution is 2.23. The van der Waals surface area contributed by atoms with Crippen molar-refractivity contribution in [1.82, 2.24) is 15.5 Å². The average molecular weight is 221 g/mol. The predicted molar refractivity (Wildman–Crippen MR) is 62.2 cm³/mol. The third kappa shape index (κ3) is 2.43. The number of amides is 1. The van der Waals surface area contributed by atoms with Crippen LogP contribution in [0.1, 0.15) is 48.8 Å². The van der Waals surface area contributed by atoms with Crippen LogP contribution in [0.3, 0.4) is 0 Å². The van der Waals surface area contributed by atoms with Crippen molar-refractivity contribution in [3.63, 3.8) is 0 Å². The summed E-state index contributed by atoms with van der Waals surface area (Å²) in [5.74, 6) is 0.529. The fourth-order valence-corrected chi connectivity index (χ4v) is 2.31. The molecule has 0 radical (unpaired) electrons. The maximum atomic E-state index is 11.9. The van der Waals surface area contributed by atoms with E-state index in [0.29, 0.717) is 17.7 Å². The summed E-state index contributed by atoms with van der Waals surface area (Å²) in [5, 5.41) is 9.83. The van der Waals surface area contributed by atoms with Crippen LogP contribution in [0.15, 0.2) is 6.07 Å². The van der Waals surface area contributed by atoms with Gasteiger partial charge in [-0.25, -0.2) is 0 Å². The highest BCUT2D eigenvalue weighted by Gasteiger charge is 2.23. The Hall–Kier alpha value is -1.32. The molecule has 1 aliphatic rings. The van der Waals surface area contributed by atoms with Gasteiger partial charge in [-0.2, -0.15) is 5.10 Å². The molecule has 1 fully saturated rings. The summed E-state index contributed by atoms with van der Waals surface area (Å²) in [5.41, 5.74) is 1.41. The first-order chi connectivity index (χ1) is 7.66. The van der Waals surface area contributed by atoms with E-state index in [9.17, 15) is 4.79 Å². The van der Waals surface area contributed by atoms with Crippen LogP contribution in [-0.4, -0.2) is 22.1 Å². The van der Waals surface area contributed by atoms with Crippen molar-refractivity contribution in [2.24, 2.45) is 5.92 Å². The molecule has 4 heteroatoms. The van der Waals surface area contributed by atoms with E-state index in [1.165, 1.54) is 19.3 Å². The molecule has 2 N–H and O–H groups in total. The summed E-state index contributed by atoms with van der Waals surface area (Å²) in [6, 6.07) is 2.10. The van der Waals surface area contributed by atoms with Crippen molar-refractivity contribution in [2.45, 2.75) is 45.6 Å². The van der Waals surface area contributed by atoms with E-state index in [2.05, 4.69) is 22.4 Å². The Morgan fingerprint density at radius 1 is 1.50 bits per heavy atom. The Kier molecular flexibility index (Phi) is 3.27. The highest BCUT2D eigenvalue weighted by atomic mass is 16.2. The maximum absolute atomic E-state index is 11.9. The van der Waals surface area contributed by atoms with Crippen LogP contribution in [0.2, 0.25) is 0 Å². The Morgan fingerprint density at radius 2 is 2.25 bits per heavy atom. The summed E-state index contributed by atoms with van der Waals surface area (Å²) in [7, 11) is 0. The van der Waals surface area contributed by atoms with Gasteiger partial charge in [-0.1, -0.05) is 19.8 Å². The summed E-state index contributed by atoms with van der Waals surface area (Å²) in [6.45, 7) is 4.10. The molecule has 1 saturated carbocycles. The SMILES string of the molecule is Cc1cc(C(=O)NC2CCCCC2C)n[nH]1. The second-order valence-electron chi connectivity index (χ2n) is 4.78. The van der Waals surface area contributed by atoms with E-state index in [1.807, 2.05) is 6.92 Å². The number of carbonyl (C=O) groups is 1. The van der Waals surface area contributed by atoms with E-state index in [1.54, 1.807) is 6.07 Å². The lowest BCUT2D eigenvalue weighted by atomic mass is 9.86. The van der Waals surface area contributed by atoms with Crippen molar-refractivity contribution in [3.8, 4) is 0 Å². The molecule has 0 saturated heterocycles. The van der Waals surface area contributed by atoms with Crippen LogP contribution in [0.5, 0.6) is 0 Å². The van der Waals surface area contributed by atoms with Crippen molar-refractivity contribution in [1.29, 1.82) is 0 Å². The number of aromatic nitrogens is 2. The van der Waals surface area contributed by atoms with E-state index in [0.717, 1.165) is 12.1 Å². The summed E-state index contributed by atoms with van der Waals surface area (Å²) < 4.78 is 0. The van der Waals surface area contributed by atoms with E-state index >= 15 is 0 Å². The molecule has 1 aromatic heterocycles. The molecule has 0 aromatic carbocycles. The molecular formula is C12H19N3O. The molecule has 4 nitrogen and oxygen atoms in total. The molecule has 1 amide bonds. The standard InChI is InChI=1S/C12H19N3O/c1-8-5-3-4-6-10(8)13-12(16)11-7-9(2)14-15-11/h7-8,10H,3-6H2,1-2H3,(H,13,16)(H,14,15). The molecule has 88 valence electrons. The molecule has 2 atom stereocenters. The first-order valence-corrected chi connectivity index (χ1v) is 5.99. The first kappa shape index (κ1) is 11.2. The lowest BCUT2D eigenvalue weighted by molar-refractivity contribution is 0.0905. The monoisotopic (exact) mass is 221 g/mol. The second kappa shape index (κ2) is 4.68. The van der Waals surface area contributed by atoms with Gasteiger partial charge in [0.15, 0.2) is 0 Å². The minimum Gasteiger partial charge on any atom is -0.348 e. The zero-order chi connectivity index (χ0) is 11.5. The van der Waals surface area contributed by atoms with Crippen molar-refractivity contribution < 1.29 is 4.79 Å². The number of carbonyl (C=O) groups excluding carboxylic acids is 1. The van der Waals surface area contributed by atoms with Crippen LogP contribution in [0.4, 0.5) is 0 Å². The maximum Gasteiger partial charge on any atom is 0.272 e. The largest absolute Gasteiger partial charge is 0.348 e. The first-order valence-electron chi connectivity index (χ1n) is 5.99. The summed E-state index contributed by atoms with van der Waals surface area (Å²) >= 11 is 0. The number of nitrogens with one attached hydrogen (secondary N) is 2. The minimum absolute atomic E-state index is 0.0527. The molecule has 0 bridgehead atoms. The number of aryl methyl sites for hydroxylation is 1. The Labute approximate surface area is 95.8 Å². The second-order valence-corrected chi connectivity index (χ2v) is 4.78. The van der Waals surface area contributed by atoms with Gasteiger partial charge in [0.1, 0.15) is 5.69 Å². The lowest BCUT2D eigenvalue weighted by Crippen LogP contribution is -2.41. The van der Waals surface area contributed by atoms with Gasteiger partial charge in [0.25, 0.3) is 5.91 Å². The third-order valence-electron chi connectivity index (χ3n) is 3.37. The van der Waals surface area contributed by atoms with Crippen molar-refractivity contribution >= 4 is 5.91 Å². The third-order valence-corrected chi connectivity index (χ3v) is 3.37. The Balaban J connectivity index is 1.96. The molecule has 1 aromatic rings. The number of hydrogen-bond acceptors (Lipinski definition) is 2. The number of rotatable bonds is 2. The van der Waals surface area contributed by atoms with Crippen molar-refractivity contribution in [2.75, 3.05) is 0 Å². The van der Waals surface area contributed by atoms with E-state index in [4.69, 9.17) is 0 Å². The minimum atomic E-state index is -0.0527. The summed E-state index contributed by atoms with van der Waals surface area (Å²) in [4.78, 5) is 11.9. The molecular weight excluding hydrogens is 202 g/mol. The Bertz CT molecular complexity index is 372. The number of hydrogen-bond donors (Lipinski definition) is 2. The smallest absolute Gasteiger partial charge is 0.272 e. The van der Waals surface area contributed by atoms with Gasteiger partial charge in [0, 0.05) is 11.7 Å². The summed E-state index contributed by atoms with van der Waals surface area (Å²) in [6.07, 6.45) is 4.81.